The van der Waals surface area contributed by atoms with Crippen LogP contribution in [0, 0.1) is 6.92 Å². The van der Waals surface area contributed by atoms with Crippen molar-refractivity contribution in [2.45, 2.75) is 37.2 Å². The Labute approximate surface area is 126 Å². The van der Waals surface area contributed by atoms with E-state index in [2.05, 4.69) is 10.1 Å². The molecule has 1 saturated carbocycles. The molecule has 0 saturated heterocycles. The van der Waals surface area contributed by atoms with Crippen molar-refractivity contribution >= 4 is 19.7 Å². The lowest BCUT2D eigenvalue weighted by Gasteiger charge is -2.07. The Kier molecular flexibility index (Phi) is 3.62. The standard InChI is InChI=1S/C13H13ClN2O4S/c1-8-6-10(21(14,17)18)4-5-11(8)19-7-12-15-13(16-20-12)9-2-3-9/h4-6,9H,2-3,7H2,1H3. The molecule has 0 radical (unpaired) electrons. The molecule has 21 heavy (non-hydrogen) atoms. The average molecular weight is 329 g/mol. The van der Waals surface area contributed by atoms with Gasteiger partial charge in [0.2, 0.25) is 0 Å². The predicted molar refractivity (Wildman–Crippen MR) is 74.8 cm³/mol. The molecule has 0 amide bonds. The second-order valence-corrected chi connectivity index (χ2v) is 7.54. The highest BCUT2D eigenvalue weighted by molar-refractivity contribution is 8.13. The molecule has 0 atom stereocenters. The Morgan fingerprint density at radius 3 is 2.81 bits per heavy atom. The third kappa shape index (κ3) is 3.36. The number of aromatic nitrogens is 2. The van der Waals surface area contributed by atoms with E-state index in [-0.39, 0.29) is 11.5 Å². The van der Waals surface area contributed by atoms with Gasteiger partial charge in [0, 0.05) is 16.6 Å². The topological polar surface area (TPSA) is 82.3 Å². The van der Waals surface area contributed by atoms with Crippen molar-refractivity contribution in [3.8, 4) is 5.75 Å². The smallest absolute Gasteiger partial charge is 0.264 e. The fourth-order valence-electron chi connectivity index (χ4n) is 1.91. The number of benzene rings is 1. The lowest BCUT2D eigenvalue weighted by Crippen LogP contribution is -1.99. The number of aryl methyl sites for hydroxylation is 1. The van der Waals surface area contributed by atoms with E-state index in [4.69, 9.17) is 19.9 Å². The van der Waals surface area contributed by atoms with Gasteiger partial charge in [0.25, 0.3) is 14.9 Å². The van der Waals surface area contributed by atoms with Crippen molar-refractivity contribution in [2.24, 2.45) is 0 Å². The monoisotopic (exact) mass is 328 g/mol. The van der Waals surface area contributed by atoms with E-state index < -0.39 is 9.05 Å². The zero-order valence-electron chi connectivity index (χ0n) is 11.2. The molecule has 8 heteroatoms. The highest BCUT2D eigenvalue weighted by Gasteiger charge is 2.28. The molecule has 6 nitrogen and oxygen atoms in total. The summed E-state index contributed by atoms with van der Waals surface area (Å²) in [6.45, 7) is 1.89. The van der Waals surface area contributed by atoms with E-state index in [9.17, 15) is 8.42 Å². The molecule has 1 aromatic carbocycles. The van der Waals surface area contributed by atoms with E-state index in [1.165, 1.54) is 12.1 Å². The van der Waals surface area contributed by atoms with Gasteiger partial charge in [0.05, 0.1) is 4.90 Å². The summed E-state index contributed by atoms with van der Waals surface area (Å²) in [5.74, 6) is 2.11. The van der Waals surface area contributed by atoms with Crippen molar-refractivity contribution in [1.29, 1.82) is 0 Å². The summed E-state index contributed by atoms with van der Waals surface area (Å²) in [5, 5.41) is 3.90. The van der Waals surface area contributed by atoms with Gasteiger partial charge in [-0.05, 0) is 43.5 Å². The summed E-state index contributed by atoms with van der Waals surface area (Å²) in [6.07, 6.45) is 2.21. The largest absolute Gasteiger partial charge is 0.483 e. The van der Waals surface area contributed by atoms with E-state index in [1.54, 1.807) is 13.0 Å². The first kappa shape index (κ1) is 14.3. The van der Waals surface area contributed by atoms with Gasteiger partial charge < -0.3 is 9.26 Å². The molecule has 1 aliphatic rings. The Bertz CT molecular complexity index is 768. The minimum atomic E-state index is -3.73. The van der Waals surface area contributed by atoms with E-state index in [1.807, 2.05) is 0 Å². The molecule has 1 heterocycles. The van der Waals surface area contributed by atoms with Crippen LogP contribution in [0.3, 0.4) is 0 Å². The maximum Gasteiger partial charge on any atom is 0.264 e. The number of hydrogen-bond acceptors (Lipinski definition) is 6. The van der Waals surface area contributed by atoms with Crippen LogP contribution in [0.2, 0.25) is 0 Å². The lowest BCUT2D eigenvalue weighted by atomic mass is 10.2. The zero-order chi connectivity index (χ0) is 15.0. The fourth-order valence-corrected chi connectivity index (χ4v) is 2.75. The summed E-state index contributed by atoms with van der Waals surface area (Å²) in [4.78, 5) is 4.30. The number of halogens is 1. The first-order valence-corrected chi connectivity index (χ1v) is 8.75. The molecule has 3 rings (SSSR count). The van der Waals surface area contributed by atoms with Crippen molar-refractivity contribution in [1.82, 2.24) is 10.1 Å². The third-order valence-corrected chi connectivity index (χ3v) is 4.56. The van der Waals surface area contributed by atoms with Crippen LogP contribution in [0.1, 0.15) is 36.0 Å². The molecule has 0 bridgehead atoms. The van der Waals surface area contributed by atoms with Crippen LogP contribution >= 0.6 is 10.7 Å². The first-order chi connectivity index (χ1) is 9.93. The summed E-state index contributed by atoms with van der Waals surface area (Å²) in [5.41, 5.74) is 0.665. The average Bonchev–Trinajstić information content (AvgIpc) is 3.16. The van der Waals surface area contributed by atoms with Gasteiger partial charge >= 0.3 is 0 Å². The van der Waals surface area contributed by atoms with Crippen LogP contribution in [-0.4, -0.2) is 18.6 Å². The van der Waals surface area contributed by atoms with E-state index in [0.29, 0.717) is 23.1 Å². The molecular formula is C13H13ClN2O4S. The lowest BCUT2D eigenvalue weighted by molar-refractivity contribution is 0.241. The molecule has 0 unspecified atom stereocenters. The van der Waals surface area contributed by atoms with E-state index >= 15 is 0 Å². The van der Waals surface area contributed by atoms with Gasteiger partial charge in [-0.25, -0.2) is 8.42 Å². The first-order valence-electron chi connectivity index (χ1n) is 6.44. The van der Waals surface area contributed by atoms with Gasteiger partial charge in [-0.3, -0.25) is 0 Å². The Hall–Kier alpha value is -1.60. The molecular weight excluding hydrogens is 316 g/mol. The molecule has 1 fully saturated rings. The summed E-state index contributed by atoms with van der Waals surface area (Å²) in [7, 11) is 1.56. The van der Waals surface area contributed by atoms with Crippen LogP contribution in [0.5, 0.6) is 5.75 Å². The second-order valence-electron chi connectivity index (χ2n) is 4.97. The zero-order valence-corrected chi connectivity index (χ0v) is 12.8. The Morgan fingerprint density at radius 2 is 2.19 bits per heavy atom. The molecule has 0 aliphatic heterocycles. The van der Waals surface area contributed by atoms with Gasteiger partial charge in [0.15, 0.2) is 12.4 Å². The Balaban J connectivity index is 1.69. The van der Waals surface area contributed by atoms with Crippen LogP contribution in [0.25, 0.3) is 0 Å². The molecule has 2 aromatic rings. The van der Waals surface area contributed by atoms with Gasteiger partial charge in [-0.2, -0.15) is 4.98 Å². The minimum absolute atomic E-state index is 0.0443. The highest BCUT2D eigenvalue weighted by atomic mass is 35.7. The predicted octanol–water partition coefficient (Wildman–Crippen LogP) is 2.76. The highest BCUT2D eigenvalue weighted by Crippen LogP contribution is 2.38. The van der Waals surface area contributed by atoms with Crippen molar-refractivity contribution in [2.75, 3.05) is 0 Å². The van der Waals surface area contributed by atoms with Crippen molar-refractivity contribution in [3.63, 3.8) is 0 Å². The second kappa shape index (κ2) is 5.31. The molecule has 1 aromatic heterocycles. The number of hydrogen-bond donors (Lipinski definition) is 0. The fraction of sp³-hybridized carbons (Fsp3) is 0.385. The maximum atomic E-state index is 11.2. The molecule has 1 aliphatic carbocycles. The minimum Gasteiger partial charge on any atom is -0.483 e. The maximum absolute atomic E-state index is 11.2. The summed E-state index contributed by atoms with van der Waals surface area (Å²) < 4.78 is 33.2. The van der Waals surface area contributed by atoms with Crippen LogP contribution in [-0.2, 0) is 15.7 Å². The quantitative estimate of drug-likeness (QED) is 0.785. The number of ether oxygens (including phenoxy) is 1. The molecule has 0 N–H and O–H groups in total. The normalized spacial score (nSPS) is 15.1. The SMILES string of the molecule is Cc1cc(S(=O)(=O)Cl)ccc1OCc1nc(C2CC2)no1. The number of rotatable bonds is 5. The summed E-state index contributed by atoms with van der Waals surface area (Å²) >= 11 is 0. The van der Waals surface area contributed by atoms with Crippen LogP contribution in [0.15, 0.2) is 27.6 Å². The summed E-state index contributed by atoms with van der Waals surface area (Å²) in [6, 6.07) is 4.41. The number of nitrogens with zero attached hydrogens (tertiary/aromatic N) is 2. The van der Waals surface area contributed by atoms with Crippen LogP contribution < -0.4 is 4.74 Å². The van der Waals surface area contributed by atoms with E-state index in [0.717, 1.165) is 18.7 Å². The van der Waals surface area contributed by atoms with Crippen LogP contribution in [0.4, 0.5) is 0 Å². The molecule has 0 spiro atoms. The Morgan fingerprint density at radius 1 is 1.43 bits per heavy atom. The van der Waals surface area contributed by atoms with Crippen molar-refractivity contribution in [3.05, 3.63) is 35.5 Å². The van der Waals surface area contributed by atoms with Gasteiger partial charge in [-0.15, -0.1) is 0 Å². The third-order valence-electron chi connectivity index (χ3n) is 3.21. The molecule has 112 valence electrons. The van der Waals surface area contributed by atoms with Gasteiger partial charge in [0.1, 0.15) is 5.75 Å². The van der Waals surface area contributed by atoms with Gasteiger partial charge in [-0.1, -0.05) is 5.16 Å². The van der Waals surface area contributed by atoms with Crippen molar-refractivity contribution < 1.29 is 17.7 Å².